The van der Waals surface area contributed by atoms with Crippen molar-refractivity contribution < 1.29 is 27.4 Å². The number of nitrogens with one attached hydrogen (secondary N) is 6. The van der Waals surface area contributed by atoms with Gasteiger partial charge in [-0.2, -0.15) is 50.9 Å². The first-order valence-corrected chi connectivity index (χ1v) is 20.1. The largest absolute Gasteiger partial charge is 0.258 e. The molecule has 0 aliphatic carbocycles. The Bertz CT molecular complexity index is 1550. The van der Waals surface area contributed by atoms with E-state index >= 15 is 0 Å². The lowest BCUT2D eigenvalue weighted by atomic mass is 10.3. The van der Waals surface area contributed by atoms with Crippen LogP contribution in [0.15, 0.2) is 74.9 Å². The van der Waals surface area contributed by atoms with Gasteiger partial charge in [-0.05, 0) is 12.5 Å². The second-order valence-electron chi connectivity index (χ2n) is 11.7. The highest BCUT2D eigenvalue weighted by Crippen LogP contribution is 1.99. The monoisotopic (exact) mass is 710 g/mol. The molecule has 6 aromatic heterocycles. The maximum absolute atomic E-state index is 3.34. The highest BCUT2D eigenvalue weighted by atomic mass is 32.2. The van der Waals surface area contributed by atoms with E-state index in [1.54, 1.807) is 0 Å². The van der Waals surface area contributed by atoms with Gasteiger partial charge in [0.15, 0.2) is 0 Å². The molecule has 0 unspecified atom stereocenters. The van der Waals surface area contributed by atoms with Crippen molar-refractivity contribution in [2.45, 2.75) is 86.2 Å². The summed E-state index contributed by atoms with van der Waals surface area (Å²) in [4.78, 5) is 19.2. The fraction of sp³-hybridized carbons (Fsp3) is 0.486. The average Bonchev–Trinajstić information content (AvgIpc) is 3.98. The Morgan fingerprint density at radius 3 is 1.06 bits per heavy atom. The fourth-order valence-electron chi connectivity index (χ4n) is 5.68. The van der Waals surface area contributed by atoms with Gasteiger partial charge in [-0.15, -0.1) is 0 Å². The van der Waals surface area contributed by atoms with Crippen molar-refractivity contribution in [2.24, 2.45) is 0 Å². The minimum atomic E-state index is 0.874. The zero-order chi connectivity index (χ0) is 34.8. The minimum absolute atomic E-state index is 0.874. The van der Waals surface area contributed by atoms with Crippen LogP contribution < -0.4 is 27.4 Å². The van der Waals surface area contributed by atoms with Crippen LogP contribution in [0.1, 0.15) is 62.1 Å². The van der Waals surface area contributed by atoms with Crippen LogP contribution >= 0.6 is 23.5 Å². The van der Waals surface area contributed by atoms with Gasteiger partial charge in [0, 0.05) is 37.2 Å². The van der Waals surface area contributed by atoms with Crippen molar-refractivity contribution in [2.75, 3.05) is 24.0 Å². The summed E-state index contributed by atoms with van der Waals surface area (Å²) in [6.45, 7) is 11.3. The van der Waals surface area contributed by atoms with E-state index in [-0.39, 0.29) is 0 Å². The first-order chi connectivity index (χ1) is 24.0. The van der Waals surface area contributed by atoms with Crippen LogP contribution in [0.25, 0.3) is 0 Å². The molecular weight excluding hydrogens is 653 g/mol. The molecule has 0 radical (unpaired) electrons. The Morgan fingerprint density at radius 1 is 0.469 bits per heavy atom. The van der Waals surface area contributed by atoms with Crippen LogP contribution in [0, 0.1) is 0 Å². The molecule has 0 spiro atoms. The number of H-pyrrole nitrogens is 6. The molecule has 0 bridgehead atoms. The molecule has 12 nitrogen and oxygen atoms in total. The molecule has 0 saturated carbocycles. The summed E-state index contributed by atoms with van der Waals surface area (Å²) in [6, 6.07) is 0. The molecule has 0 aromatic carbocycles. The molecule has 6 aromatic rings. The summed E-state index contributed by atoms with van der Waals surface area (Å²) in [5.74, 6) is 4.88. The van der Waals surface area contributed by atoms with Gasteiger partial charge in [0.25, 0.3) is 11.6 Å². The predicted molar refractivity (Wildman–Crippen MR) is 194 cm³/mol. The van der Waals surface area contributed by atoms with E-state index in [9.17, 15) is 0 Å². The van der Waals surface area contributed by atoms with E-state index in [0.717, 1.165) is 70.0 Å². The number of imidazole rings is 6. The number of aryl methyl sites for hydroxylation is 6. The minimum Gasteiger partial charge on any atom is -0.250 e. The number of thioether (sulfide) groups is 2. The third-order valence-corrected chi connectivity index (χ3v) is 9.77. The molecule has 0 atom stereocenters. The second-order valence-corrected chi connectivity index (χ2v) is 13.7. The SMILES string of the molecule is CCc1c[nH]c[n+]1C[n+]1c[nH]cc1CC.CCc1c[nH]c[n+]1C[n+]1c[nH]cc1CC.CSCCc1[nH]cc[n+]1C[n+]1cc[nH]c1CCSC. The molecule has 0 amide bonds. The number of hydrogen-bond acceptors (Lipinski definition) is 2. The number of aromatic nitrogens is 12. The molecule has 6 heterocycles. The first-order valence-electron chi connectivity index (χ1n) is 17.3. The normalized spacial score (nSPS) is 10.9. The quantitative estimate of drug-likeness (QED) is 0.0866. The number of aromatic amines is 6. The van der Waals surface area contributed by atoms with Gasteiger partial charge in [0.1, 0.15) is 72.4 Å². The summed E-state index contributed by atoms with van der Waals surface area (Å²) in [5, 5.41) is 0. The van der Waals surface area contributed by atoms with E-state index in [0.29, 0.717) is 0 Å². The third-order valence-electron chi connectivity index (χ3n) is 8.55. The van der Waals surface area contributed by atoms with E-state index in [1.165, 1.54) is 34.4 Å². The summed E-state index contributed by atoms with van der Waals surface area (Å²) in [7, 11) is 0. The van der Waals surface area contributed by atoms with Crippen molar-refractivity contribution in [3.05, 3.63) is 109 Å². The van der Waals surface area contributed by atoms with Crippen molar-refractivity contribution >= 4 is 23.5 Å². The maximum atomic E-state index is 3.34. The fourth-order valence-corrected chi connectivity index (χ4v) is 6.48. The zero-order valence-corrected chi connectivity index (χ0v) is 31.8. The van der Waals surface area contributed by atoms with Gasteiger partial charge in [-0.3, -0.25) is 0 Å². The number of hydrogen-bond donors (Lipinski definition) is 6. The standard InChI is InChI=1S/C13H20N4S2.2C11H16N4/c1-18-9-3-12-14-5-7-16(12)11-17-8-6-15-13(17)4-10-19-2;2*1-3-10-5-12-7-14(10)9-15-8-13-6-11(15)4-2/h5-8H,3-4,9-11H2,1-2H3;2*5-8H,3-4,9H2,1-2H3/p+6. The maximum Gasteiger partial charge on any atom is 0.258 e. The molecule has 6 N–H and O–H groups in total. The lowest BCUT2D eigenvalue weighted by Gasteiger charge is -2.01. The van der Waals surface area contributed by atoms with Gasteiger partial charge in [0.2, 0.25) is 45.3 Å². The second kappa shape index (κ2) is 20.5. The Morgan fingerprint density at radius 2 is 0.776 bits per heavy atom. The molecule has 0 aliphatic heterocycles. The highest BCUT2D eigenvalue weighted by Gasteiger charge is 2.17. The van der Waals surface area contributed by atoms with Crippen LogP contribution in [0.4, 0.5) is 0 Å². The molecule has 14 heteroatoms. The predicted octanol–water partition coefficient (Wildman–Crippen LogP) is 2.33. The Hall–Kier alpha value is -4.04. The summed E-state index contributed by atoms with van der Waals surface area (Å²) < 4.78 is 13.5. The highest BCUT2D eigenvalue weighted by molar-refractivity contribution is 7.98. The van der Waals surface area contributed by atoms with Crippen LogP contribution in [0.2, 0.25) is 0 Å². The van der Waals surface area contributed by atoms with Crippen molar-refractivity contribution in [1.82, 2.24) is 29.9 Å². The average molecular weight is 711 g/mol. The molecule has 6 rings (SSSR count). The van der Waals surface area contributed by atoms with E-state index in [4.69, 9.17) is 0 Å². The van der Waals surface area contributed by atoms with Crippen LogP contribution in [-0.4, -0.2) is 53.9 Å². The lowest BCUT2D eigenvalue weighted by Crippen LogP contribution is -2.53. The van der Waals surface area contributed by atoms with Crippen molar-refractivity contribution in [3.8, 4) is 0 Å². The number of nitrogens with zero attached hydrogens (tertiary/aromatic N) is 6. The van der Waals surface area contributed by atoms with Crippen LogP contribution in [0.5, 0.6) is 0 Å². The van der Waals surface area contributed by atoms with Crippen LogP contribution in [0.3, 0.4) is 0 Å². The zero-order valence-electron chi connectivity index (χ0n) is 30.2. The van der Waals surface area contributed by atoms with E-state index in [2.05, 4.69) is 135 Å². The van der Waals surface area contributed by atoms with Crippen LogP contribution in [-0.2, 0) is 58.5 Å². The van der Waals surface area contributed by atoms with Crippen molar-refractivity contribution in [3.63, 3.8) is 0 Å². The molecule has 0 saturated heterocycles. The van der Waals surface area contributed by atoms with Crippen molar-refractivity contribution in [1.29, 1.82) is 0 Å². The smallest absolute Gasteiger partial charge is 0.250 e. The van der Waals surface area contributed by atoms with Gasteiger partial charge in [-0.25, -0.2) is 29.9 Å². The van der Waals surface area contributed by atoms with Gasteiger partial charge >= 0.3 is 0 Å². The molecule has 264 valence electrons. The molecule has 0 aliphatic rings. The van der Waals surface area contributed by atoms with Gasteiger partial charge < -0.3 is 0 Å². The Labute approximate surface area is 299 Å². The van der Waals surface area contributed by atoms with Gasteiger partial charge in [0.05, 0.1) is 12.8 Å². The topological polar surface area (TPSA) is 118 Å². The molecular formula is C35H58N12S2+6. The molecule has 49 heavy (non-hydrogen) atoms. The summed E-state index contributed by atoms with van der Waals surface area (Å²) in [6.07, 6.45) is 35.2. The summed E-state index contributed by atoms with van der Waals surface area (Å²) >= 11 is 3.76. The Kier molecular flexibility index (Phi) is 15.8. The van der Waals surface area contributed by atoms with Gasteiger partial charge in [-0.1, -0.05) is 27.7 Å². The van der Waals surface area contributed by atoms with E-state index < -0.39 is 0 Å². The van der Waals surface area contributed by atoms with E-state index in [1.807, 2.05) is 61.2 Å². The first kappa shape index (κ1) is 37.8. The third kappa shape index (κ3) is 11.0. The summed E-state index contributed by atoms with van der Waals surface area (Å²) in [5.41, 5.74) is 5.30. The molecule has 0 fully saturated rings. The lowest BCUT2D eigenvalue weighted by molar-refractivity contribution is -0.917. The Balaban J connectivity index is 0.000000167. The number of rotatable bonds is 16.